The van der Waals surface area contributed by atoms with E-state index in [0.717, 1.165) is 13.0 Å². The van der Waals surface area contributed by atoms with Crippen molar-refractivity contribution in [3.8, 4) is 5.75 Å². The first-order chi connectivity index (χ1) is 7.15. The number of nitrogen functional groups attached to an aromatic ring is 1. The first-order valence-electron chi connectivity index (χ1n) is 4.74. The molecule has 0 saturated carbocycles. The van der Waals surface area contributed by atoms with Crippen LogP contribution in [0.4, 0.5) is 5.69 Å². The van der Waals surface area contributed by atoms with Gasteiger partial charge in [0.25, 0.3) is 0 Å². The maximum absolute atomic E-state index is 9.63. The summed E-state index contributed by atoms with van der Waals surface area (Å²) in [6.45, 7) is 0.896. The minimum atomic E-state index is 0.0834. The first-order valence-corrected chi connectivity index (χ1v) is 5.12. The van der Waals surface area contributed by atoms with Crippen molar-refractivity contribution in [1.29, 1.82) is 0 Å². The van der Waals surface area contributed by atoms with E-state index < -0.39 is 0 Å². The fraction of sp³-hybridized carbons (Fsp3) is 0.273. The number of rotatable bonds is 4. The van der Waals surface area contributed by atoms with Gasteiger partial charge in [-0.3, -0.25) is 0 Å². The zero-order chi connectivity index (χ0) is 11.3. The van der Waals surface area contributed by atoms with Gasteiger partial charge in [-0.2, -0.15) is 0 Å². The summed E-state index contributed by atoms with van der Waals surface area (Å²) in [5, 5.41) is 13.2. The van der Waals surface area contributed by atoms with Crippen molar-refractivity contribution in [2.75, 3.05) is 19.3 Å². The number of anilines is 1. The summed E-state index contributed by atoms with van der Waals surface area (Å²) in [7, 11) is 1.89. The van der Waals surface area contributed by atoms with Gasteiger partial charge < -0.3 is 16.2 Å². The predicted octanol–water partition coefficient (Wildman–Crippen LogP) is 2.25. The predicted molar refractivity (Wildman–Crippen MR) is 65.1 cm³/mol. The van der Waals surface area contributed by atoms with Crippen LogP contribution in [0.15, 0.2) is 18.2 Å². The van der Waals surface area contributed by atoms with Crippen LogP contribution in [-0.2, 0) is 0 Å². The molecule has 0 aliphatic heterocycles. The van der Waals surface area contributed by atoms with Gasteiger partial charge in [0.1, 0.15) is 5.75 Å². The molecule has 0 fully saturated rings. The standard InChI is InChI=1S/C11H15ClN2O/c1-14-5-3-2-4-8-6-9(12)7-10(13)11(8)15/h2,4,6-7,14-15H,3,5,13H2,1H3. The van der Waals surface area contributed by atoms with Gasteiger partial charge in [0.15, 0.2) is 0 Å². The summed E-state index contributed by atoms with van der Waals surface area (Å²) >= 11 is 5.82. The van der Waals surface area contributed by atoms with Crippen molar-refractivity contribution in [3.63, 3.8) is 0 Å². The van der Waals surface area contributed by atoms with E-state index in [-0.39, 0.29) is 5.75 Å². The van der Waals surface area contributed by atoms with Gasteiger partial charge >= 0.3 is 0 Å². The molecule has 0 spiro atoms. The lowest BCUT2D eigenvalue weighted by Gasteiger charge is -2.03. The number of phenolic OH excluding ortho intramolecular Hbond substituents is 1. The van der Waals surface area contributed by atoms with Crippen molar-refractivity contribution in [2.45, 2.75) is 6.42 Å². The van der Waals surface area contributed by atoms with Crippen LogP contribution in [0.2, 0.25) is 5.02 Å². The molecule has 0 saturated heterocycles. The number of hydrogen-bond donors (Lipinski definition) is 3. The van der Waals surface area contributed by atoms with E-state index in [4.69, 9.17) is 17.3 Å². The molecule has 0 aliphatic carbocycles. The van der Waals surface area contributed by atoms with E-state index in [9.17, 15) is 5.11 Å². The molecule has 0 amide bonds. The first kappa shape index (κ1) is 11.9. The molecule has 4 N–H and O–H groups in total. The third-order valence-corrected chi connectivity index (χ3v) is 2.21. The molecule has 0 bridgehead atoms. The molecule has 4 heteroatoms. The Balaban J connectivity index is 2.80. The fourth-order valence-electron chi connectivity index (χ4n) is 1.21. The average Bonchev–Trinajstić information content (AvgIpc) is 2.19. The highest BCUT2D eigenvalue weighted by atomic mass is 35.5. The second-order valence-electron chi connectivity index (χ2n) is 3.23. The van der Waals surface area contributed by atoms with Crippen molar-refractivity contribution < 1.29 is 5.11 Å². The SMILES string of the molecule is CNCCC=Cc1cc(Cl)cc(N)c1O. The Morgan fingerprint density at radius 2 is 2.27 bits per heavy atom. The minimum absolute atomic E-state index is 0.0834. The van der Waals surface area contributed by atoms with Crippen molar-refractivity contribution in [1.82, 2.24) is 5.32 Å². The van der Waals surface area contributed by atoms with Crippen molar-refractivity contribution in [2.24, 2.45) is 0 Å². The Labute approximate surface area is 94.6 Å². The molecule has 1 aromatic rings. The topological polar surface area (TPSA) is 58.3 Å². The molecule has 1 aromatic carbocycles. The van der Waals surface area contributed by atoms with Gasteiger partial charge in [0, 0.05) is 10.6 Å². The summed E-state index contributed by atoms with van der Waals surface area (Å²) in [5.41, 5.74) is 6.52. The highest BCUT2D eigenvalue weighted by Gasteiger charge is 2.03. The molecule has 0 radical (unpaired) electrons. The van der Waals surface area contributed by atoms with Gasteiger partial charge in [0.05, 0.1) is 5.69 Å². The van der Waals surface area contributed by atoms with Crippen LogP contribution in [0, 0.1) is 0 Å². The van der Waals surface area contributed by atoms with E-state index in [2.05, 4.69) is 5.32 Å². The van der Waals surface area contributed by atoms with E-state index in [1.165, 1.54) is 6.07 Å². The Morgan fingerprint density at radius 1 is 1.53 bits per heavy atom. The third-order valence-electron chi connectivity index (χ3n) is 1.99. The third kappa shape index (κ3) is 3.46. The summed E-state index contributed by atoms with van der Waals surface area (Å²) in [4.78, 5) is 0. The Kier molecular flexibility index (Phi) is 4.46. The molecule has 82 valence electrons. The van der Waals surface area contributed by atoms with Crippen LogP contribution in [0.3, 0.4) is 0 Å². The van der Waals surface area contributed by atoms with Gasteiger partial charge in [0.2, 0.25) is 0 Å². The van der Waals surface area contributed by atoms with Crippen molar-refractivity contribution in [3.05, 3.63) is 28.8 Å². The van der Waals surface area contributed by atoms with Crippen LogP contribution in [0.1, 0.15) is 12.0 Å². The zero-order valence-corrected chi connectivity index (χ0v) is 9.38. The summed E-state index contributed by atoms with van der Waals surface area (Å²) in [5.74, 6) is 0.0834. The molecule has 0 aliphatic rings. The number of halogens is 1. The summed E-state index contributed by atoms with van der Waals surface area (Å²) in [6, 6.07) is 3.21. The maximum atomic E-state index is 9.63. The molecular formula is C11H15ClN2O. The lowest BCUT2D eigenvalue weighted by molar-refractivity contribution is 0.476. The quantitative estimate of drug-likeness (QED) is 0.419. The average molecular weight is 227 g/mol. The van der Waals surface area contributed by atoms with E-state index in [1.807, 2.05) is 19.2 Å². The van der Waals surface area contributed by atoms with Crippen molar-refractivity contribution >= 4 is 23.4 Å². The van der Waals surface area contributed by atoms with Crippen LogP contribution >= 0.6 is 11.6 Å². The van der Waals surface area contributed by atoms with Gasteiger partial charge in [-0.1, -0.05) is 23.8 Å². The Hall–Kier alpha value is -1.19. The second kappa shape index (κ2) is 5.63. The highest BCUT2D eigenvalue weighted by molar-refractivity contribution is 6.31. The number of benzene rings is 1. The van der Waals surface area contributed by atoms with Crippen LogP contribution < -0.4 is 11.1 Å². The van der Waals surface area contributed by atoms with E-state index in [1.54, 1.807) is 6.07 Å². The Morgan fingerprint density at radius 3 is 2.93 bits per heavy atom. The summed E-state index contributed by atoms with van der Waals surface area (Å²) in [6.07, 6.45) is 4.67. The molecule has 0 unspecified atom stereocenters. The largest absolute Gasteiger partial charge is 0.505 e. The summed E-state index contributed by atoms with van der Waals surface area (Å²) < 4.78 is 0. The minimum Gasteiger partial charge on any atom is -0.505 e. The molecule has 0 heterocycles. The van der Waals surface area contributed by atoms with Crippen LogP contribution in [0.25, 0.3) is 6.08 Å². The van der Waals surface area contributed by atoms with Gasteiger partial charge in [-0.15, -0.1) is 0 Å². The molecule has 15 heavy (non-hydrogen) atoms. The number of nitrogens with two attached hydrogens (primary N) is 1. The monoisotopic (exact) mass is 226 g/mol. The van der Waals surface area contributed by atoms with E-state index >= 15 is 0 Å². The zero-order valence-electron chi connectivity index (χ0n) is 8.63. The second-order valence-corrected chi connectivity index (χ2v) is 3.66. The van der Waals surface area contributed by atoms with Crippen LogP contribution in [0.5, 0.6) is 5.75 Å². The molecular weight excluding hydrogens is 212 g/mol. The molecule has 0 atom stereocenters. The lowest BCUT2D eigenvalue weighted by Crippen LogP contribution is -2.05. The van der Waals surface area contributed by atoms with Gasteiger partial charge in [-0.25, -0.2) is 0 Å². The fourth-order valence-corrected chi connectivity index (χ4v) is 1.44. The number of hydrogen-bond acceptors (Lipinski definition) is 3. The smallest absolute Gasteiger partial charge is 0.145 e. The normalized spacial score (nSPS) is 11.1. The molecule has 3 nitrogen and oxygen atoms in total. The number of aromatic hydroxyl groups is 1. The van der Waals surface area contributed by atoms with E-state index in [0.29, 0.717) is 16.3 Å². The van der Waals surface area contributed by atoms with Crippen LogP contribution in [-0.4, -0.2) is 18.7 Å². The molecule has 0 aromatic heterocycles. The highest BCUT2D eigenvalue weighted by Crippen LogP contribution is 2.29. The Bertz CT molecular complexity index is 364. The van der Waals surface area contributed by atoms with Gasteiger partial charge in [-0.05, 0) is 32.1 Å². The maximum Gasteiger partial charge on any atom is 0.145 e. The number of phenols is 1. The number of nitrogens with one attached hydrogen (secondary N) is 1. The lowest BCUT2D eigenvalue weighted by atomic mass is 10.1. The molecule has 1 rings (SSSR count).